The van der Waals surface area contributed by atoms with Crippen LogP contribution >= 0.6 is 0 Å². The summed E-state index contributed by atoms with van der Waals surface area (Å²) in [5, 5.41) is 16.2. The van der Waals surface area contributed by atoms with Gasteiger partial charge < -0.3 is 14.0 Å². The maximum Gasteiger partial charge on any atom is 0.184 e. The van der Waals surface area contributed by atoms with E-state index in [4.69, 9.17) is 0 Å². The fourth-order valence-electron chi connectivity index (χ4n) is 13.1. The third-order valence-electron chi connectivity index (χ3n) is 15.8. The number of para-hydroxylation sites is 6. The Morgan fingerprint density at radius 3 is 1.11 bits per heavy atom. The molecule has 0 amide bonds. The molecule has 15 rings (SSSR count). The van der Waals surface area contributed by atoms with E-state index >= 15 is 0 Å². The number of aromatic nitrogens is 2. The summed E-state index contributed by atoms with van der Waals surface area (Å²) >= 11 is 0. The second-order valence-corrected chi connectivity index (χ2v) is 26.6. The monoisotopic (exact) mass is 935 g/mol. The second-order valence-electron chi connectivity index (χ2n) is 19.1. The second kappa shape index (κ2) is 15.4. The van der Waals surface area contributed by atoms with Crippen LogP contribution in [0.3, 0.4) is 0 Å². The maximum atomic E-state index is 2.69. The van der Waals surface area contributed by atoms with Crippen molar-refractivity contribution in [2.24, 2.45) is 0 Å². The van der Waals surface area contributed by atoms with E-state index < -0.39 is 16.1 Å². The van der Waals surface area contributed by atoms with Gasteiger partial charge in [-0.3, -0.25) is 0 Å². The first kappa shape index (κ1) is 40.2. The lowest BCUT2D eigenvalue weighted by atomic mass is 10.1. The number of fused-ring (bicyclic) bond motifs is 10. The van der Waals surface area contributed by atoms with Crippen LogP contribution in [0, 0.1) is 0 Å². The van der Waals surface area contributed by atoms with Crippen LogP contribution in [0.2, 0.25) is 0 Å². The molecule has 13 aromatic rings. The minimum atomic E-state index is -3.17. The van der Waals surface area contributed by atoms with Crippen molar-refractivity contribution >= 4 is 118 Å². The molecule has 0 fully saturated rings. The van der Waals surface area contributed by atoms with E-state index in [0.29, 0.717) is 0 Å². The van der Waals surface area contributed by atoms with Gasteiger partial charge in [-0.25, -0.2) is 0 Å². The Balaban J connectivity index is 1.09. The van der Waals surface area contributed by atoms with Crippen molar-refractivity contribution < 1.29 is 0 Å². The van der Waals surface area contributed by atoms with Crippen LogP contribution in [0.25, 0.3) is 55.0 Å². The highest BCUT2D eigenvalue weighted by Crippen LogP contribution is 2.43. The zero-order valence-electron chi connectivity index (χ0n) is 38.8. The molecule has 2 aliphatic rings. The third-order valence-corrected chi connectivity index (χ3v) is 25.5. The Bertz CT molecular complexity index is 4110. The molecule has 0 saturated carbocycles. The minimum Gasteiger partial charge on any atom is -0.311 e. The fourth-order valence-corrected chi connectivity index (χ4v) is 23.5. The first-order chi connectivity index (χ1) is 35.3. The molecule has 11 aromatic carbocycles. The molecule has 2 aliphatic heterocycles. The Kier molecular flexibility index (Phi) is 8.70. The summed E-state index contributed by atoms with van der Waals surface area (Å²) in [6, 6.07) is 104. The van der Waals surface area contributed by atoms with Crippen LogP contribution in [0.15, 0.2) is 273 Å². The molecule has 1 unspecified atom stereocenters. The van der Waals surface area contributed by atoms with Crippen molar-refractivity contribution in [1.29, 1.82) is 0 Å². The normalized spacial score (nSPS) is 15.5. The Hall–Kier alpha value is -8.75. The summed E-state index contributed by atoms with van der Waals surface area (Å²) in [6.07, 6.45) is 0. The molecule has 0 bridgehead atoms. The van der Waals surface area contributed by atoms with E-state index in [2.05, 4.69) is 287 Å². The fraction of sp³-hybridized carbons (Fsp3) is 0. The van der Waals surface area contributed by atoms with Crippen LogP contribution < -0.4 is 46.4 Å². The van der Waals surface area contributed by atoms with Crippen LogP contribution in [0.1, 0.15) is 0 Å². The van der Waals surface area contributed by atoms with Crippen LogP contribution in [0.5, 0.6) is 0 Å². The largest absolute Gasteiger partial charge is 0.311 e. The van der Waals surface area contributed by atoms with Crippen molar-refractivity contribution in [3.63, 3.8) is 0 Å². The number of anilines is 3. The molecule has 0 aliphatic carbocycles. The Morgan fingerprint density at radius 2 is 0.606 bits per heavy atom. The molecule has 0 saturated heterocycles. The average Bonchev–Trinajstić information content (AvgIpc) is 3.97. The molecular formula is C66H45N3Si2. The lowest BCUT2D eigenvalue weighted by Crippen LogP contribution is -2.82. The topological polar surface area (TPSA) is 13.1 Å². The van der Waals surface area contributed by atoms with E-state index in [0.717, 1.165) is 5.69 Å². The number of hydrogen-bond donors (Lipinski definition) is 0. The highest BCUT2D eigenvalue weighted by molar-refractivity contribution is 7.24. The van der Waals surface area contributed by atoms with Crippen molar-refractivity contribution in [2.75, 3.05) is 4.90 Å². The maximum absolute atomic E-state index is 3.17. The number of nitrogens with zero attached hydrogens (tertiary/aromatic N) is 3. The number of benzene rings is 11. The van der Waals surface area contributed by atoms with Gasteiger partial charge in [0.05, 0.1) is 22.1 Å². The van der Waals surface area contributed by atoms with Gasteiger partial charge in [0.15, 0.2) is 16.1 Å². The summed E-state index contributed by atoms with van der Waals surface area (Å²) in [7, 11) is -6.25. The van der Waals surface area contributed by atoms with Gasteiger partial charge in [0.25, 0.3) is 0 Å². The van der Waals surface area contributed by atoms with Crippen LogP contribution in [-0.4, -0.2) is 25.3 Å². The molecule has 4 heterocycles. The molecule has 0 N–H and O–H groups in total. The summed E-state index contributed by atoms with van der Waals surface area (Å²) in [5.74, 6) is 0. The molecule has 3 nitrogen and oxygen atoms in total. The predicted octanol–water partition coefficient (Wildman–Crippen LogP) is 10.7. The zero-order chi connectivity index (χ0) is 46.7. The van der Waals surface area contributed by atoms with Gasteiger partial charge in [0.1, 0.15) is 0 Å². The summed E-state index contributed by atoms with van der Waals surface area (Å²) in [5.41, 5.74) is 11.0. The van der Waals surface area contributed by atoms with Gasteiger partial charge in [-0.15, -0.1) is 0 Å². The highest BCUT2D eigenvalue weighted by Gasteiger charge is 2.56. The van der Waals surface area contributed by atoms with Crippen molar-refractivity contribution in [3.05, 3.63) is 273 Å². The molecule has 332 valence electrons. The lowest BCUT2D eigenvalue weighted by Gasteiger charge is -2.52. The molecular weight excluding hydrogens is 891 g/mol. The van der Waals surface area contributed by atoms with Gasteiger partial charge in [-0.1, -0.05) is 218 Å². The standard InChI is InChI=1S/C66H45N3Si2/c1-4-23-48(24-5-1)70(49-25-6-2-7-26-49)63-43-42-47(68-58-36-16-12-32-54(58)55-33-13-17-37-59(55)68)45-61(63)69-60-38-18-19-39-62(60)71(50-27-8-3-9-28-50,65-41-21-40-64(70)66(65)69)51-29-20-22-46(44-51)67-56-34-14-10-30-52(56)53-31-11-15-35-57(53)67/h1-45H. The first-order valence-corrected chi connectivity index (χ1v) is 28.7. The van der Waals surface area contributed by atoms with Crippen molar-refractivity contribution in [1.82, 2.24) is 9.13 Å². The van der Waals surface area contributed by atoms with Crippen molar-refractivity contribution in [3.8, 4) is 11.4 Å². The van der Waals surface area contributed by atoms with Gasteiger partial charge >= 0.3 is 0 Å². The average molecular weight is 936 g/mol. The SMILES string of the molecule is c1ccc([Si]2(c3cccc(-n4c5ccccc5c5ccccc54)c3)c3ccccc3N3c4cc(-n5c6ccccc6c6ccccc65)ccc4[Si](c4ccccc4)(c4ccccc4)c4cccc2c43)cc1. The number of hydrogen-bond acceptors (Lipinski definition) is 1. The Labute approximate surface area is 414 Å². The van der Waals surface area contributed by atoms with E-state index in [1.54, 1.807) is 0 Å². The molecule has 0 radical (unpaired) electrons. The van der Waals surface area contributed by atoms with E-state index in [9.17, 15) is 0 Å². The van der Waals surface area contributed by atoms with E-state index in [-0.39, 0.29) is 0 Å². The predicted molar refractivity (Wildman–Crippen MR) is 304 cm³/mol. The number of rotatable bonds is 6. The molecule has 2 aromatic heterocycles. The lowest BCUT2D eigenvalue weighted by molar-refractivity contribution is 1.17. The molecule has 0 spiro atoms. The molecule has 71 heavy (non-hydrogen) atoms. The van der Waals surface area contributed by atoms with E-state index in [1.165, 1.54) is 108 Å². The summed E-state index contributed by atoms with van der Waals surface area (Å²) in [6.45, 7) is 0. The van der Waals surface area contributed by atoms with Crippen LogP contribution in [0.4, 0.5) is 17.1 Å². The van der Waals surface area contributed by atoms with Gasteiger partial charge in [0.2, 0.25) is 0 Å². The highest BCUT2D eigenvalue weighted by atomic mass is 28.3. The smallest absolute Gasteiger partial charge is 0.184 e. The molecule has 1 atom stereocenters. The minimum absolute atomic E-state index is 1.15. The van der Waals surface area contributed by atoms with Gasteiger partial charge in [0, 0.05) is 50.0 Å². The molecule has 5 heteroatoms. The van der Waals surface area contributed by atoms with Crippen LogP contribution in [-0.2, 0) is 0 Å². The summed E-state index contributed by atoms with van der Waals surface area (Å²) < 4.78 is 4.97. The van der Waals surface area contributed by atoms with Gasteiger partial charge in [-0.2, -0.15) is 0 Å². The first-order valence-electron chi connectivity index (χ1n) is 24.7. The van der Waals surface area contributed by atoms with Crippen molar-refractivity contribution in [2.45, 2.75) is 0 Å². The third kappa shape index (κ3) is 5.42. The Morgan fingerprint density at radius 1 is 0.239 bits per heavy atom. The van der Waals surface area contributed by atoms with E-state index in [1.807, 2.05) is 0 Å². The van der Waals surface area contributed by atoms with Gasteiger partial charge in [-0.05, 0) is 96.1 Å². The quantitative estimate of drug-likeness (QED) is 0.151. The summed E-state index contributed by atoms with van der Waals surface area (Å²) in [4.78, 5) is 2.69. The zero-order valence-corrected chi connectivity index (χ0v) is 40.8.